The van der Waals surface area contributed by atoms with Crippen molar-refractivity contribution < 1.29 is 9.90 Å². The van der Waals surface area contributed by atoms with E-state index in [-0.39, 0.29) is 0 Å². The lowest BCUT2D eigenvalue weighted by molar-refractivity contribution is 0.0702. The molecular formula is C12H9N3O2S. The molecule has 0 aliphatic heterocycles. The summed E-state index contributed by atoms with van der Waals surface area (Å²) in [4.78, 5) is 16.5. The van der Waals surface area contributed by atoms with E-state index in [9.17, 15) is 4.79 Å². The minimum absolute atomic E-state index is 0.327. The van der Waals surface area contributed by atoms with Crippen molar-refractivity contribution in [3.63, 3.8) is 0 Å². The normalized spacial score (nSPS) is 10.9. The Morgan fingerprint density at radius 3 is 3.06 bits per heavy atom. The Balaban J connectivity index is 2.23. The number of fused-ring (bicyclic) bond motifs is 1. The molecule has 0 unspecified atom stereocenters. The van der Waals surface area contributed by atoms with E-state index in [0.29, 0.717) is 4.88 Å². The molecule has 0 saturated heterocycles. The van der Waals surface area contributed by atoms with Crippen molar-refractivity contribution in [3.8, 4) is 11.3 Å². The van der Waals surface area contributed by atoms with Gasteiger partial charge < -0.3 is 5.11 Å². The Kier molecular flexibility index (Phi) is 2.38. The first-order chi connectivity index (χ1) is 8.66. The first-order valence-electron chi connectivity index (χ1n) is 5.29. The summed E-state index contributed by atoms with van der Waals surface area (Å²) in [5, 5.41) is 13.2. The molecule has 0 aliphatic rings. The molecule has 0 aromatic carbocycles. The summed E-state index contributed by atoms with van der Waals surface area (Å²) in [7, 11) is 0. The zero-order chi connectivity index (χ0) is 12.7. The van der Waals surface area contributed by atoms with Crippen LogP contribution in [-0.2, 0) is 0 Å². The maximum Gasteiger partial charge on any atom is 0.345 e. The number of nitrogens with zero attached hydrogens (tertiary/aromatic N) is 3. The van der Waals surface area contributed by atoms with Gasteiger partial charge >= 0.3 is 5.97 Å². The van der Waals surface area contributed by atoms with Crippen molar-refractivity contribution in [2.24, 2.45) is 0 Å². The number of imidazole rings is 1. The SMILES string of the molecule is Cc1sc(C(=O)O)cc1-c1cnc2cccnn12. The summed E-state index contributed by atoms with van der Waals surface area (Å²) in [6, 6.07) is 5.34. The van der Waals surface area contributed by atoms with E-state index >= 15 is 0 Å². The monoisotopic (exact) mass is 259 g/mol. The maximum absolute atomic E-state index is 11.0. The van der Waals surface area contributed by atoms with Crippen molar-refractivity contribution in [1.82, 2.24) is 14.6 Å². The number of carboxylic acid groups (broad SMARTS) is 1. The van der Waals surface area contributed by atoms with Crippen LogP contribution in [0.3, 0.4) is 0 Å². The first-order valence-corrected chi connectivity index (χ1v) is 6.11. The van der Waals surface area contributed by atoms with Gasteiger partial charge in [0, 0.05) is 16.6 Å². The second-order valence-corrected chi connectivity index (χ2v) is 5.08. The summed E-state index contributed by atoms with van der Waals surface area (Å²) in [5.74, 6) is -0.906. The van der Waals surface area contributed by atoms with Gasteiger partial charge in [-0.15, -0.1) is 11.3 Å². The highest BCUT2D eigenvalue weighted by Crippen LogP contribution is 2.30. The van der Waals surface area contributed by atoms with E-state index in [2.05, 4.69) is 10.1 Å². The highest BCUT2D eigenvalue weighted by molar-refractivity contribution is 7.14. The summed E-state index contributed by atoms with van der Waals surface area (Å²) < 4.78 is 1.71. The second-order valence-electron chi connectivity index (χ2n) is 3.82. The number of carboxylic acids is 1. The third kappa shape index (κ3) is 1.58. The Bertz CT molecular complexity index is 745. The molecule has 0 spiro atoms. The van der Waals surface area contributed by atoms with Crippen LogP contribution in [0.2, 0.25) is 0 Å². The van der Waals surface area contributed by atoms with Crippen molar-refractivity contribution in [1.29, 1.82) is 0 Å². The van der Waals surface area contributed by atoms with E-state index < -0.39 is 5.97 Å². The Labute approximate surface area is 106 Å². The van der Waals surface area contributed by atoms with Crippen LogP contribution >= 0.6 is 11.3 Å². The van der Waals surface area contributed by atoms with Crippen LogP contribution in [0, 0.1) is 6.92 Å². The number of thiophene rings is 1. The van der Waals surface area contributed by atoms with E-state index in [1.165, 1.54) is 11.3 Å². The predicted octanol–water partition coefficient (Wildman–Crippen LogP) is 2.46. The number of hydrogen-bond acceptors (Lipinski definition) is 4. The summed E-state index contributed by atoms with van der Waals surface area (Å²) >= 11 is 1.26. The van der Waals surface area contributed by atoms with Crippen LogP contribution in [-0.4, -0.2) is 25.7 Å². The molecule has 0 bridgehead atoms. The van der Waals surface area contributed by atoms with Crippen LogP contribution in [0.1, 0.15) is 14.5 Å². The van der Waals surface area contributed by atoms with Gasteiger partial charge in [0.25, 0.3) is 0 Å². The zero-order valence-corrected chi connectivity index (χ0v) is 10.3. The van der Waals surface area contributed by atoms with Crippen LogP contribution < -0.4 is 0 Å². The number of aromatic carboxylic acids is 1. The highest BCUT2D eigenvalue weighted by Gasteiger charge is 2.15. The van der Waals surface area contributed by atoms with Crippen LogP contribution in [0.4, 0.5) is 0 Å². The fraction of sp³-hybridized carbons (Fsp3) is 0.0833. The first kappa shape index (κ1) is 10.9. The fourth-order valence-electron chi connectivity index (χ4n) is 1.85. The molecule has 3 heterocycles. The molecule has 0 aliphatic carbocycles. The molecule has 0 atom stereocenters. The lowest BCUT2D eigenvalue weighted by atomic mass is 10.2. The fourth-order valence-corrected chi connectivity index (χ4v) is 2.72. The average molecular weight is 259 g/mol. The summed E-state index contributed by atoms with van der Waals surface area (Å²) in [6.07, 6.45) is 3.39. The minimum Gasteiger partial charge on any atom is -0.477 e. The van der Waals surface area contributed by atoms with Gasteiger partial charge in [-0.3, -0.25) is 0 Å². The van der Waals surface area contributed by atoms with E-state index in [1.807, 2.05) is 19.1 Å². The lowest BCUT2D eigenvalue weighted by Gasteiger charge is -1.98. The van der Waals surface area contributed by atoms with E-state index in [0.717, 1.165) is 21.8 Å². The molecule has 0 fully saturated rings. The molecule has 3 aromatic heterocycles. The smallest absolute Gasteiger partial charge is 0.345 e. The van der Waals surface area contributed by atoms with Crippen molar-refractivity contribution in [3.05, 3.63) is 40.3 Å². The topological polar surface area (TPSA) is 67.5 Å². The molecule has 18 heavy (non-hydrogen) atoms. The van der Waals surface area contributed by atoms with Crippen LogP contribution in [0.25, 0.3) is 16.9 Å². The van der Waals surface area contributed by atoms with Crippen LogP contribution in [0.5, 0.6) is 0 Å². The molecular weight excluding hydrogens is 250 g/mol. The summed E-state index contributed by atoms with van der Waals surface area (Å²) in [6.45, 7) is 1.90. The maximum atomic E-state index is 11.0. The molecule has 0 amide bonds. The number of aryl methyl sites for hydroxylation is 1. The number of rotatable bonds is 2. The van der Waals surface area contributed by atoms with E-state index in [1.54, 1.807) is 23.0 Å². The predicted molar refractivity (Wildman–Crippen MR) is 68.0 cm³/mol. The Morgan fingerprint density at radius 2 is 2.33 bits per heavy atom. The summed E-state index contributed by atoms with van der Waals surface area (Å²) in [5.41, 5.74) is 2.42. The number of aromatic nitrogens is 3. The van der Waals surface area contributed by atoms with Gasteiger partial charge in [-0.25, -0.2) is 14.3 Å². The standard InChI is InChI=1S/C12H9N3O2S/c1-7-8(5-10(18-7)12(16)17)9-6-13-11-3-2-4-14-15(9)11/h2-6H,1H3,(H,16,17). The molecule has 3 rings (SSSR count). The molecule has 0 saturated carbocycles. The van der Waals surface area contributed by atoms with Crippen LogP contribution in [0.15, 0.2) is 30.6 Å². The Morgan fingerprint density at radius 1 is 1.50 bits per heavy atom. The lowest BCUT2D eigenvalue weighted by Crippen LogP contribution is -1.93. The van der Waals surface area contributed by atoms with Gasteiger partial charge in [-0.1, -0.05) is 0 Å². The third-order valence-electron chi connectivity index (χ3n) is 2.68. The van der Waals surface area contributed by atoms with Gasteiger partial charge in [0.15, 0.2) is 5.65 Å². The average Bonchev–Trinajstić information content (AvgIpc) is 2.92. The largest absolute Gasteiger partial charge is 0.477 e. The molecule has 5 nitrogen and oxygen atoms in total. The third-order valence-corrected chi connectivity index (χ3v) is 3.72. The number of hydrogen-bond donors (Lipinski definition) is 1. The zero-order valence-electron chi connectivity index (χ0n) is 9.49. The molecule has 90 valence electrons. The van der Waals surface area contributed by atoms with Gasteiger partial charge in [0.1, 0.15) is 4.88 Å². The molecule has 6 heteroatoms. The second kappa shape index (κ2) is 3.92. The van der Waals surface area contributed by atoms with Crippen molar-refractivity contribution in [2.75, 3.05) is 0 Å². The molecule has 1 N–H and O–H groups in total. The van der Waals surface area contributed by atoms with Crippen molar-refractivity contribution in [2.45, 2.75) is 6.92 Å². The quantitative estimate of drug-likeness (QED) is 0.767. The van der Waals surface area contributed by atoms with Gasteiger partial charge in [0.05, 0.1) is 11.9 Å². The number of carbonyl (C=O) groups is 1. The van der Waals surface area contributed by atoms with Gasteiger partial charge in [0.2, 0.25) is 0 Å². The highest BCUT2D eigenvalue weighted by atomic mass is 32.1. The van der Waals surface area contributed by atoms with Gasteiger partial charge in [-0.2, -0.15) is 5.10 Å². The minimum atomic E-state index is -0.906. The van der Waals surface area contributed by atoms with Gasteiger partial charge in [-0.05, 0) is 25.1 Å². The Hall–Kier alpha value is -2.21. The molecule has 0 radical (unpaired) electrons. The molecule has 3 aromatic rings. The van der Waals surface area contributed by atoms with E-state index in [4.69, 9.17) is 5.11 Å². The van der Waals surface area contributed by atoms with Crippen molar-refractivity contribution >= 4 is 23.0 Å².